The molecule has 0 radical (unpaired) electrons. The summed E-state index contributed by atoms with van der Waals surface area (Å²) in [6.45, 7) is 0. The van der Waals surface area contributed by atoms with Crippen LogP contribution in [0, 0.1) is 0 Å². The molecule has 0 fully saturated rings. The fourth-order valence-corrected chi connectivity index (χ4v) is 2.60. The highest BCUT2D eigenvalue weighted by Crippen LogP contribution is 2.26. The molecule has 0 saturated heterocycles. The summed E-state index contributed by atoms with van der Waals surface area (Å²) in [6.07, 6.45) is 5.65. The van der Waals surface area contributed by atoms with Gasteiger partial charge in [-0.2, -0.15) is 5.10 Å². The van der Waals surface area contributed by atoms with Gasteiger partial charge in [-0.05, 0) is 34.9 Å². The fraction of sp³-hybridized carbons (Fsp3) is 0. The van der Waals surface area contributed by atoms with Gasteiger partial charge in [0.05, 0.1) is 6.20 Å². The van der Waals surface area contributed by atoms with Crippen molar-refractivity contribution in [2.45, 2.75) is 0 Å². The standard InChI is InChI=1S/C20H15N3/c1-2-7-16(8-3-1)17-9-6-10-18(13-17)19-14-22-23(15-19)20-11-4-5-12-21-20/h1-15H. The average molecular weight is 297 g/mol. The maximum Gasteiger partial charge on any atom is 0.153 e. The van der Waals surface area contributed by atoms with E-state index in [4.69, 9.17) is 0 Å². The highest BCUT2D eigenvalue weighted by molar-refractivity contribution is 5.72. The second kappa shape index (κ2) is 5.89. The Morgan fingerprint density at radius 3 is 2.17 bits per heavy atom. The van der Waals surface area contributed by atoms with Crippen LogP contribution in [0.4, 0.5) is 0 Å². The monoisotopic (exact) mass is 297 g/mol. The van der Waals surface area contributed by atoms with Crippen LogP contribution in [-0.4, -0.2) is 14.8 Å². The van der Waals surface area contributed by atoms with Crippen LogP contribution in [0.15, 0.2) is 91.4 Å². The summed E-state index contributed by atoms with van der Waals surface area (Å²) in [6, 6.07) is 24.7. The lowest BCUT2D eigenvalue weighted by Gasteiger charge is -2.04. The van der Waals surface area contributed by atoms with Crippen LogP contribution >= 0.6 is 0 Å². The molecule has 0 saturated carbocycles. The predicted molar refractivity (Wildman–Crippen MR) is 92.2 cm³/mol. The highest BCUT2D eigenvalue weighted by atomic mass is 15.3. The minimum Gasteiger partial charge on any atom is -0.237 e. The van der Waals surface area contributed by atoms with Gasteiger partial charge in [0.2, 0.25) is 0 Å². The third-order valence-electron chi connectivity index (χ3n) is 3.77. The predicted octanol–water partition coefficient (Wildman–Crippen LogP) is 4.60. The number of nitrogens with zero attached hydrogens (tertiary/aromatic N) is 3. The number of rotatable bonds is 3. The van der Waals surface area contributed by atoms with E-state index in [1.54, 1.807) is 10.9 Å². The molecule has 0 unspecified atom stereocenters. The van der Waals surface area contributed by atoms with Crippen LogP contribution in [0.5, 0.6) is 0 Å². The Kier molecular flexibility index (Phi) is 3.45. The highest BCUT2D eigenvalue weighted by Gasteiger charge is 2.05. The van der Waals surface area contributed by atoms with Crippen molar-refractivity contribution < 1.29 is 0 Å². The summed E-state index contributed by atoms with van der Waals surface area (Å²) in [5, 5.41) is 4.42. The third-order valence-corrected chi connectivity index (χ3v) is 3.77. The zero-order valence-corrected chi connectivity index (χ0v) is 12.5. The van der Waals surface area contributed by atoms with Crippen LogP contribution < -0.4 is 0 Å². The van der Waals surface area contributed by atoms with Crippen molar-refractivity contribution >= 4 is 0 Å². The largest absolute Gasteiger partial charge is 0.237 e. The third kappa shape index (κ3) is 2.77. The molecule has 0 spiro atoms. The number of pyridine rings is 1. The summed E-state index contributed by atoms with van der Waals surface area (Å²) in [5.74, 6) is 0.818. The molecule has 0 amide bonds. The summed E-state index contributed by atoms with van der Waals surface area (Å²) < 4.78 is 1.80. The zero-order valence-electron chi connectivity index (χ0n) is 12.5. The molecule has 2 aromatic heterocycles. The topological polar surface area (TPSA) is 30.7 Å². The van der Waals surface area contributed by atoms with Crippen molar-refractivity contribution in [1.82, 2.24) is 14.8 Å². The first-order chi connectivity index (χ1) is 11.4. The Morgan fingerprint density at radius 2 is 1.39 bits per heavy atom. The normalized spacial score (nSPS) is 10.6. The molecule has 110 valence electrons. The number of hydrogen-bond acceptors (Lipinski definition) is 2. The number of benzene rings is 2. The van der Waals surface area contributed by atoms with E-state index in [1.807, 2.05) is 36.7 Å². The molecule has 3 nitrogen and oxygen atoms in total. The molecule has 4 aromatic rings. The first-order valence-corrected chi connectivity index (χ1v) is 7.52. The van der Waals surface area contributed by atoms with E-state index in [9.17, 15) is 0 Å². The van der Waals surface area contributed by atoms with Gasteiger partial charge in [0.15, 0.2) is 5.82 Å². The zero-order chi connectivity index (χ0) is 15.5. The molecule has 0 aliphatic heterocycles. The first-order valence-electron chi connectivity index (χ1n) is 7.52. The molecule has 2 heterocycles. The van der Waals surface area contributed by atoms with Gasteiger partial charge >= 0.3 is 0 Å². The Bertz CT molecular complexity index is 912. The Hall–Kier alpha value is -3.20. The quantitative estimate of drug-likeness (QED) is 0.553. The van der Waals surface area contributed by atoms with Crippen molar-refractivity contribution in [1.29, 1.82) is 0 Å². The molecular weight excluding hydrogens is 282 g/mol. The first kappa shape index (κ1) is 13.5. The average Bonchev–Trinajstić information content (AvgIpc) is 3.14. The van der Waals surface area contributed by atoms with Crippen LogP contribution in [0.3, 0.4) is 0 Å². The molecule has 23 heavy (non-hydrogen) atoms. The molecule has 4 rings (SSSR count). The van der Waals surface area contributed by atoms with E-state index in [0.29, 0.717) is 0 Å². The molecule has 0 aliphatic rings. The van der Waals surface area contributed by atoms with E-state index in [-0.39, 0.29) is 0 Å². The van der Waals surface area contributed by atoms with Crippen molar-refractivity contribution in [3.05, 3.63) is 91.4 Å². The number of hydrogen-bond donors (Lipinski definition) is 0. The van der Waals surface area contributed by atoms with Crippen LogP contribution in [0.2, 0.25) is 0 Å². The van der Waals surface area contributed by atoms with E-state index in [0.717, 1.165) is 16.9 Å². The Balaban J connectivity index is 1.71. The summed E-state index contributed by atoms with van der Waals surface area (Å²) >= 11 is 0. The second-order valence-corrected chi connectivity index (χ2v) is 5.31. The molecule has 0 aliphatic carbocycles. The van der Waals surface area contributed by atoms with Gasteiger partial charge in [0.25, 0.3) is 0 Å². The van der Waals surface area contributed by atoms with E-state index in [1.165, 1.54) is 11.1 Å². The lowest BCUT2D eigenvalue weighted by Crippen LogP contribution is -1.95. The molecule has 0 atom stereocenters. The maximum atomic E-state index is 4.42. The lowest BCUT2D eigenvalue weighted by molar-refractivity contribution is 0.847. The summed E-state index contributed by atoms with van der Waals surface area (Å²) in [5.41, 5.74) is 4.64. The van der Waals surface area contributed by atoms with Gasteiger partial charge in [0, 0.05) is 18.0 Å². The smallest absolute Gasteiger partial charge is 0.153 e. The van der Waals surface area contributed by atoms with E-state index in [2.05, 4.69) is 58.6 Å². The molecule has 3 heteroatoms. The van der Waals surface area contributed by atoms with Crippen LogP contribution in [0.25, 0.3) is 28.1 Å². The van der Waals surface area contributed by atoms with Gasteiger partial charge in [-0.25, -0.2) is 9.67 Å². The molecule has 2 aromatic carbocycles. The molecule has 0 N–H and O–H groups in total. The minimum absolute atomic E-state index is 0.818. The van der Waals surface area contributed by atoms with E-state index >= 15 is 0 Å². The molecule has 0 bridgehead atoms. The van der Waals surface area contributed by atoms with Gasteiger partial charge in [-0.15, -0.1) is 0 Å². The van der Waals surface area contributed by atoms with Crippen LogP contribution in [-0.2, 0) is 0 Å². The Labute approximate surface area is 134 Å². The number of aromatic nitrogens is 3. The van der Waals surface area contributed by atoms with Crippen molar-refractivity contribution in [3.63, 3.8) is 0 Å². The Morgan fingerprint density at radius 1 is 0.652 bits per heavy atom. The van der Waals surface area contributed by atoms with Gasteiger partial charge < -0.3 is 0 Å². The molecular formula is C20H15N3. The van der Waals surface area contributed by atoms with E-state index < -0.39 is 0 Å². The lowest BCUT2D eigenvalue weighted by atomic mass is 10.0. The summed E-state index contributed by atoms with van der Waals surface area (Å²) in [7, 11) is 0. The van der Waals surface area contributed by atoms with Gasteiger partial charge in [0.1, 0.15) is 0 Å². The summed E-state index contributed by atoms with van der Waals surface area (Å²) in [4.78, 5) is 4.32. The fourth-order valence-electron chi connectivity index (χ4n) is 2.60. The van der Waals surface area contributed by atoms with Crippen molar-refractivity contribution in [2.75, 3.05) is 0 Å². The second-order valence-electron chi connectivity index (χ2n) is 5.31. The minimum atomic E-state index is 0.818. The maximum absolute atomic E-state index is 4.42. The van der Waals surface area contributed by atoms with Crippen molar-refractivity contribution in [2.24, 2.45) is 0 Å². The SMILES string of the molecule is c1ccc(-c2cccc(-c3cnn(-c4ccccn4)c3)c2)cc1. The van der Waals surface area contributed by atoms with Crippen LogP contribution in [0.1, 0.15) is 0 Å². The van der Waals surface area contributed by atoms with Gasteiger partial charge in [-0.3, -0.25) is 0 Å². The van der Waals surface area contributed by atoms with Gasteiger partial charge in [-0.1, -0.05) is 54.6 Å². The van der Waals surface area contributed by atoms with Crippen molar-refractivity contribution in [3.8, 4) is 28.1 Å².